The molecular formula is C2H4BFO6. The quantitative estimate of drug-likeness (QED) is 0.188. The second-order valence-electron chi connectivity index (χ2n) is 0.925. The molecule has 0 rings (SSSR count). The van der Waals surface area contributed by atoms with E-state index >= 15 is 0 Å². The van der Waals surface area contributed by atoms with Crippen LogP contribution in [0.3, 0.4) is 0 Å². The summed E-state index contributed by atoms with van der Waals surface area (Å²) in [6, 6.07) is -2.32. The third-order valence-electron chi connectivity index (χ3n) is 0.168. The zero-order valence-corrected chi connectivity index (χ0v) is 4.56. The van der Waals surface area contributed by atoms with Gasteiger partial charge in [-0.2, -0.15) is 4.39 Å². The second kappa shape index (κ2) is 6.14. The van der Waals surface area contributed by atoms with Crippen molar-refractivity contribution in [1.82, 2.24) is 0 Å². The summed E-state index contributed by atoms with van der Waals surface area (Å²) in [6.45, 7) is 0. The molecule has 0 spiro atoms. The highest BCUT2D eigenvalue weighted by atomic mass is 19.1. The lowest BCUT2D eigenvalue weighted by Crippen LogP contribution is -2.07. The van der Waals surface area contributed by atoms with Gasteiger partial charge in [0.05, 0.1) is 0 Å². The van der Waals surface area contributed by atoms with Crippen LogP contribution >= 0.6 is 0 Å². The second-order valence-corrected chi connectivity index (χ2v) is 0.925. The smallest absolute Gasteiger partial charge is 0.473 e. The molecule has 0 saturated heterocycles. The molecule has 0 atom stereocenters. The maximum atomic E-state index is 10.6. The van der Waals surface area contributed by atoms with E-state index in [1.54, 1.807) is 0 Å². The molecule has 0 aliphatic carbocycles. The van der Waals surface area contributed by atoms with Crippen LogP contribution in [0.4, 0.5) is 4.39 Å². The molecule has 0 bridgehead atoms. The summed E-state index contributed by atoms with van der Waals surface area (Å²) in [5.41, 5.74) is 0. The molecule has 0 heterocycles. The standard InChI is InChI=1S/C2HFO3.BH3O3/c3-1(4)2(5)6;2-1(3)4/h(H,5,6);2-4H. The molecule has 0 aliphatic rings. The number of aliphatic carboxylic acids is 1. The number of hydrogen-bond acceptors (Lipinski definition) is 5. The van der Waals surface area contributed by atoms with Gasteiger partial charge in [0.15, 0.2) is 0 Å². The molecule has 4 N–H and O–H groups in total. The summed E-state index contributed by atoms with van der Waals surface area (Å²) in [4.78, 5) is 17.9. The maximum absolute atomic E-state index is 10.6. The highest BCUT2D eigenvalue weighted by molar-refractivity contribution is 6.30. The summed E-state index contributed by atoms with van der Waals surface area (Å²) >= 11 is 0. The minimum absolute atomic E-state index is 2.05. The maximum Gasteiger partial charge on any atom is 0.631 e. The lowest BCUT2D eigenvalue weighted by atomic mass is 10.3. The molecule has 0 saturated carbocycles. The molecule has 0 aromatic rings. The Kier molecular flexibility index (Phi) is 7.23. The van der Waals surface area contributed by atoms with Crippen molar-refractivity contribution in [2.24, 2.45) is 0 Å². The van der Waals surface area contributed by atoms with E-state index in [0.717, 1.165) is 0 Å². The number of halogens is 1. The Morgan fingerprint density at radius 1 is 1.20 bits per heavy atom. The molecular weight excluding hydrogens is 150 g/mol. The van der Waals surface area contributed by atoms with Crippen molar-refractivity contribution < 1.29 is 34.2 Å². The van der Waals surface area contributed by atoms with E-state index in [1.807, 2.05) is 0 Å². The molecule has 10 heavy (non-hydrogen) atoms. The van der Waals surface area contributed by atoms with Crippen LogP contribution in [0.1, 0.15) is 0 Å². The Morgan fingerprint density at radius 3 is 1.30 bits per heavy atom. The van der Waals surface area contributed by atoms with Gasteiger partial charge in [-0.3, -0.25) is 0 Å². The zero-order valence-electron chi connectivity index (χ0n) is 4.56. The molecule has 0 aliphatic heterocycles. The van der Waals surface area contributed by atoms with Crippen molar-refractivity contribution in [3.05, 3.63) is 0 Å². The Hall–Kier alpha value is -0.985. The van der Waals surface area contributed by atoms with Crippen molar-refractivity contribution in [2.45, 2.75) is 0 Å². The molecule has 0 amide bonds. The van der Waals surface area contributed by atoms with E-state index in [-0.39, 0.29) is 0 Å². The minimum Gasteiger partial charge on any atom is -0.473 e. The highest BCUT2D eigenvalue weighted by Crippen LogP contribution is 1.67. The third-order valence-corrected chi connectivity index (χ3v) is 0.168. The van der Waals surface area contributed by atoms with Gasteiger partial charge in [0, 0.05) is 0 Å². The van der Waals surface area contributed by atoms with Crippen LogP contribution in [0.2, 0.25) is 0 Å². The first-order valence-corrected chi connectivity index (χ1v) is 1.85. The molecule has 0 radical (unpaired) electrons. The first-order valence-electron chi connectivity index (χ1n) is 1.85. The SMILES string of the molecule is O=C(O)C(=O)F.OB(O)O. The molecule has 58 valence electrons. The van der Waals surface area contributed by atoms with E-state index in [9.17, 15) is 4.39 Å². The molecule has 6 nitrogen and oxygen atoms in total. The highest BCUT2D eigenvalue weighted by Gasteiger charge is 2.05. The van der Waals surface area contributed by atoms with Gasteiger partial charge in [0.1, 0.15) is 0 Å². The van der Waals surface area contributed by atoms with E-state index in [4.69, 9.17) is 29.8 Å². The van der Waals surface area contributed by atoms with Crippen molar-refractivity contribution in [2.75, 3.05) is 0 Å². The fourth-order valence-corrected chi connectivity index (χ4v) is 0. The first kappa shape index (κ1) is 11.8. The van der Waals surface area contributed by atoms with E-state index < -0.39 is 19.3 Å². The van der Waals surface area contributed by atoms with Gasteiger partial charge >= 0.3 is 19.3 Å². The lowest BCUT2D eigenvalue weighted by molar-refractivity contribution is -0.154. The van der Waals surface area contributed by atoms with Crippen LogP contribution in [-0.4, -0.2) is 39.5 Å². The molecule has 8 heteroatoms. The fraction of sp³-hybridized carbons (Fsp3) is 0. The van der Waals surface area contributed by atoms with Gasteiger partial charge in [-0.1, -0.05) is 0 Å². The van der Waals surface area contributed by atoms with Crippen LogP contribution in [-0.2, 0) is 9.59 Å². The average molecular weight is 154 g/mol. The normalized spacial score (nSPS) is 7.20. The van der Waals surface area contributed by atoms with Crippen LogP contribution in [0.15, 0.2) is 0 Å². The number of carbonyl (C=O) groups excluding carboxylic acids is 1. The van der Waals surface area contributed by atoms with Gasteiger partial charge in [0.25, 0.3) is 0 Å². The number of carbonyl (C=O) groups is 2. The molecule has 0 aromatic heterocycles. The zero-order chi connectivity index (χ0) is 8.73. The van der Waals surface area contributed by atoms with Gasteiger partial charge < -0.3 is 20.2 Å². The van der Waals surface area contributed by atoms with Gasteiger partial charge in [-0.15, -0.1) is 0 Å². The van der Waals surface area contributed by atoms with Crippen molar-refractivity contribution in [3.8, 4) is 0 Å². The fourth-order valence-electron chi connectivity index (χ4n) is 0. The van der Waals surface area contributed by atoms with Crippen molar-refractivity contribution in [3.63, 3.8) is 0 Å². The van der Waals surface area contributed by atoms with E-state index in [2.05, 4.69) is 0 Å². The average Bonchev–Trinajstić information content (AvgIpc) is 1.63. The van der Waals surface area contributed by atoms with Crippen LogP contribution in [0.25, 0.3) is 0 Å². The number of carboxylic acid groups (broad SMARTS) is 1. The first-order chi connectivity index (χ1) is 4.37. The number of hydrogen-bond donors (Lipinski definition) is 4. The summed E-state index contributed by atoms with van der Waals surface area (Å²) in [7, 11) is -2.17. The predicted octanol–water partition coefficient (Wildman–Crippen LogP) is -2.48. The number of rotatable bonds is 1. The van der Waals surface area contributed by atoms with Crippen LogP contribution < -0.4 is 0 Å². The van der Waals surface area contributed by atoms with Gasteiger partial charge in [0.2, 0.25) is 0 Å². The summed E-state index contributed by atoms with van der Waals surface area (Å²) in [5, 5.41) is 28.8. The Balaban J connectivity index is 0. The summed E-state index contributed by atoms with van der Waals surface area (Å²) < 4.78 is 10.6. The third kappa shape index (κ3) is 27.9. The lowest BCUT2D eigenvalue weighted by Gasteiger charge is -1.69. The largest absolute Gasteiger partial charge is 0.631 e. The summed E-state index contributed by atoms with van der Waals surface area (Å²) in [6.07, 6.45) is 0. The van der Waals surface area contributed by atoms with Crippen molar-refractivity contribution >= 4 is 19.3 Å². The number of carboxylic acids is 1. The molecule has 0 fully saturated rings. The minimum atomic E-state index is -2.32. The van der Waals surface area contributed by atoms with Crippen LogP contribution in [0.5, 0.6) is 0 Å². The van der Waals surface area contributed by atoms with E-state index in [0.29, 0.717) is 0 Å². The summed E-state index contributed by atoms with van der Waals surface area (Å²) in [5.74, 6) is -2.05. The van der Waals surface area contributed by atoms with Crippen LogP contribution in [0, 0.1) is 0 Å². The molecule has 0 unspecified atom stereocenters. The predicted molar refractivity (Wildman–Crippen MR) is 26.2 cm³/mol. The van der Waals surface area contributed by atoms with Gasteiger partial charge in [-0.05, 0) is 0 Å². The molecule has 0 aromatic carbocycles. The Labute approximate surface area is 54.7 Å². The van der Waals surface area contributed by atoms with Crippen molar-refractivity contribution in [1.29, 1.82) is 0 Å². The topological polar surface area (TPSA) is 115 Å². The van der Waals surface area contributed by atoms with Gasteiger partial charge in [-0.25, -0.2) is 9.59 Å². The monoisotopic (exact) mass is 154 g/mol. The van der Waals surface area contributed by atoms with E-state index in [1.165, 1.54) is 0 Å². The Morgan fingerprint density at radius 2 is 1.30 bits per heavy atom. The Bertz CT molecular complexity index is 108.